The van der Waals surface area contributed by atoms with Crippen molar-refractivity contribution in [3.05, 3.63) is 106 Å². The average molecular weight is 442 g/mol. The minimum atomic E-state index is -0.308. The van der Waals surface area contributed by atoms with Gasteiger partial charge in [-0.2, -0.15) is 5.10 Å². The van der Waals surface area contributed by atoms with E-state index in [4.69, 9.17) is 0 Å². The average Bonchev–Trinajstić information content (AvgIpc) is 3.24. The molecular weight excluding hydrogens is 413 g/mol. The summed E-state index contributed by atoms with van der Waals surface area (Å²) in [5.74, 6) is -0.358. The molecule has 3 aromatic rings. The highest BCUT2D eigenvalue weighted by molar-refractivity contribution is 6.03. The highest BCUT2D eigenvalue weighted by Gasteiger charge is 2.35. The molecule has 0 unspecified atom stereocenters. The molecule has 2 aliphatic heterocycles. The van der Waals surface area contributed by atoms with E-state index < -0.39 is 0 Å². The number of halogens is 1. The van der Waals surface area contributed by atoms with Crippen molar-refractivity contribution in [2.75, 3.05) is 13.1 Å². The fourth-order valence-electron chi connectivity index (χ4n) is 4.99. The molecule has 0 radical (unpaired) electrons. The van der Waals surface area contributed by atoms with Gasteiger partial charge in [-0.1, -0.05) is 66.2 Å². The van der Waals surface area contributed by atoms with Gasteiger partial charge in [-0.05, 0) is 48.6 Å². The lowest BCUT2D eigenvalue weighted by molar-refractivity contribution is -0.134. The van der Waals surface area contributed by atoms with Gasteiger partial charge in [0.05, 0.1) is 18.3 Å². The van der Waals surface area contributed by atoms with E-state index in [-0.39, 0.29) is 17.8 Å². The summed E-state index contributed by atoms with van der Waals surface area (Å²) in [7, 11) is 0. The number of fused-ring (bicyclic) bond motifs is 1. The zero-order valence-corrected chi connectivity index (χ0v) is 19.1. The van der Waals surface area contributed by atoms with E-state index in [1.54, 1.807) is 17.1 Å². The molecule has 5 rings (SSSR count). The van der Waals surface area contributed by atoms with Crippen LogP contribution in [0.15, 0.2) is 71.8 Å². The molecule has 0 aliphatic carbocycles. The van der Waals surface area contributed by atoms with Gasteiger partial charge in [0, 0.05) is 25.1 Å². The van der Waals surface area contributed by atoms with Gasteiger partial charge in [0.1, 0.15) is 5.82 Å². The standard InChI is InChI=1S/C28H28FN3O/c1-19-11-12-23(20(2)15-19)27-16-26(24-9-5-6-10-25(24)29)30-32(27)28(33)18-31-14-13-21-7-3-4-8-22(21)17-31/h3-12,15,27H,13-14,16-18H2,1-2H3/t27-/m0/s1. The predicted molar refractivity (Wildman–Crippen MR) is 128 cm³/mol. The number of amides is 1. The zero-order chi connectivity index (χ0) is 22.9. The van der Waals surface area contributed by atoms with Gasteiger partial charge in [0.2, 0.25) is 0 Å². The number of nitrogens with zero attached hydrogens (tertiary/aromatic N) is 3. The topological polar surface area (TPSA) is 35.9 Å². The molecule has 0 bridgehead atoms. The highest BCUT2D eigenvalue weighted by atomic mass is 19.1. The Balaban J connectivity index is 1.43. The fraction of sp³-hybridized carbons (Fsp3) is 0.286. The number of hydrogen-bond donors (Lipinski definition) is 0. The van der Waals surface area contributed by atoms with Crippen LogP contribution in [0.4, 0.5) is 4.39 Å². The molecule has 0 aromatic heterocycles. The SMILES string of the molecule is Cc1ccc([C@@H]2CC(c3ccccc3F)=NN2C(=O)CN2CCc3ccccc3C2)c(C)c1. The van der Waals surface area contributed by atoms with Crippen molar-refractivity contribution in [3.63, 3.8) is 0 Å². The van der Waals surface area contributed by atoms with Crippen LogP contribution in [0.2, 0.25) is 0 Å². The number of hydrazone groups is 1. The summed E-state index contributed by atoms with van der Waals surface area (Å²) in [6, 6.07) is 21.1. The largest absolute Gasteiger partial charge is 0.290 e. The van der Waals surface area contributed by atoms with Crippen LogP contribution in [0.5, 0.6) is 0 Å². The maximum Gasteiger partial charge on any atom is 0.257 e. The second-order valence-electron chi connectivity index (χ2n) is 9.07. The smallest absolute Gasteiger partial charge is 0.257 e. The molecule has 1 amide bonds. The minimum absolute atomic E-state index is 0.0503. The highest BCUT2D eigenvalue weighted by Crippen LogP contribution is 2.35. The molecule has 2 heterocycles. The van der Waals surface area contributed by atoms with Gasteiger partial charge >= 0.3 is 0 Å². The molecule has 0 N–H and O–H groups in total. The fourth-order valence-corrected chi connectivity index (χ4v) is 4.99. The monoisotopic (exact) mass is 441 g/mol. The van der Waals surface area contributed by atoms with Gasteiger partial charge < -0.3 is 0 Å². The summed E-state index contributed by atoms with van der Waals surface area (Å²) in [4.78, 5) is 15.7. The molecule has 0 fully saturated rings. The molecule has 0 spiro atoms. The zero-order valence-electron chi connectivity index (χ0n) is 19.1. The Hall–Kier alpha value is -3.31. The van der Waals surface area contributed by atoms with Crippen LogP contribution in [0, 0.1) is 19.7 Å². The summed E-state index contributed by atoms with van der Waals surface area (Å²) in [6.45, 7) is 6.02. The molecule has 0 saturated heterocycles. The van der Waals surface area contributed by atoms with E-state index in [1.165, 1.54) is 22.8 Å². The number of aryl methyl sites for hydroxylation is 2. The molecule has 3 aromatic carbocycles. The van der Waals surface area contributed by atoms with Gasteiger partial charge in [0.25, 0.3) is 5.91 Å². The van der Waals surface area contributed by atoms with Crippen LogP contribution >= 0.6 is 0 Å². The lowest BCUT2D eigenvalue weighted by atomic mass is 9.94. The first-order valence-electron chi connectivity index (χ1n) is 11.5. The van der Waals surface area contributed by atoms with E-state index in [0.29, 0.717) is 24.2 Å². The summed E-state index contributed by atoms with van der Waals surface area (Å²) in [6.07, 6.45) is 1.44. The molecule has 4 nitrogen and oxygen atoms in total. The third-order valence-electron chi connectivity index (χ3n) is 6.70. The predicted octanol–water partition coefficient (Wildman–Crippen LogP) is 5.18. The number of benzene rings is 3. The number of hydrogen-bond acceptors (Lipinski definition) is 3. The maximum absolute atomic E-state index is 14.6. The molecule has 5 heteroatoms. The summed E-state index contributed by atoms with van der Waals surface area (Å²) in [5, 5.41) is 6.28. The molecule has 33 heavy (non-hydrogen) atoms. The van der Waals surface area contributed by atoms with Crippen LogP contribution in [0.1, 0.15) is 45.8 Å². The van der Waals surface area contributed by atoms with Crippen molar-refractivity contribution in [1.29, 1.82) is 0 Å². The Labute approximate surface area is 194 Å². The first-order valence-corrected chi connectivity index (χ1v) is 11.5. The summed E-state index contributed by atoms with van der Waals surface area (Å²) < 4.78 is 14.6. The van der Waals surface area contributed by atoms with Gasteiger partial charge in [-0.3, -0.25) is 9.69 Å². The first kappa shape index (κ1) is 21.5. The second-order valence-corrected chi connectivity index (χ2v) is 9.07. The van der Waals surface area contributed by atoms with Crippen molar-refractivity contribution in [2.45, 2.75) is 39.3 Å². The van der Waals surface area contributed by atoms with Gasteiger partial charge in [-0.15, -0.1) is 0 Å². The Morgan fingerprint density at radius 2 is 1.79 bits per heavy atom. The van der Waals surface area contributed by atoms with E-state index in [2.05, 4.69) is 60.2 Å². The van der Waals surface area contributed by atoms with Crippen LogP contribution in [0.25, 0.3) is 0 Å². The van der Waals surface area contributed by atoms with Crippen LogP contribution in [-0.2, 0) is 17.8 Å². The Morgan fingerprint density at radius 1 is 1.03 bits per heavy atom. The van der Waals surface area contributed by atoms with E-state index >= 15 is 0 Å². The Kier molecular flexibility index (Phi) is 5.81. The van der Waals surface area contributed by atoms with Crippen molar-refractivity contribution in [2.24, 2.45) is 5.10 Å². The van der Waals surface area contributed by atoms with Crippen LogP contribution in [0.3, 0.4) is 0 Å². The lowest BCUT2D eigenvalue weighted by Crippen LogP contribution is -2.40. The van der Waals surface area contributed by atoms with Crippen molar-refractivity contribution in [1.82, 2.24) is 9.91 Å². The molecule has 1 atom stereocenters. The minimum Gasteiger partial charge on any atom is -0.290 e. The van der Waals surface area contributed by atoms with Crippen molar-refractivity contribution < 1.29 is 9.18 Å². The lowest BCUT2D eigenvalue weighted by Gasteiger charge is -2.30. The Bertz CT molecular complexity index is 1240. The number of carbonyl (C=O) groups is 1. The summed E-state index contributed by atoms with van der Waals surface area (Å²) in [5.41, 5.74) is 7.08. The van der Waals surface area contributed by atoms with Gasteiger partial charge in [0.15, 0.2) is 0 Å². The molecule has 0 saturated carbocycles. The normalized spacial score (nSPS) is 18.2. The Morgan fingerprint density at radius 3 is 2.58 bits per heavy atom. The van der Waals surface area contributed by atoms with E-state index in [0.717, 1.165) is 30.6 Å². The molecule has 2 aliphatic rings. The maximum atomic E-state index is 14.6. The van der Waals surface area contributed by atoms with E-state index in [1.807, 2.05) is 12.1 Å². The number of rotatable bonds is 4. The van der Waals surface area contributed by atoms with Crippen LogP contribution in [-0.4, -0.2) is 34.6 Å². The van der Waals surface area contributed by atoms with Crippen LogP contribution < -0.4 is 0 Å². The third kappa shape index (κ3) is 4.33. The second kappa shape index (κ2) is 8.91. The third-order valence-corrected chi connectivity index (χ3v) is 6.70. The van der Waals surface area contributed by atoms with Crippen molar-refractivity contribution >= 4 is 11.6 Å². The quantitative estimate of drug-likeness (QED) is 0.559. The number of carbonyl (C=O) groups excluding carboxylic acids is 1. The van der Waals surface area contributed by atoms with Crippen molar-refractivity contribution in [3.8, 4) is 0 Å². The summed E-state index contributed by atoms with van der Waals surface area (Å²) >= 11 is 0. The first-order chi connectivity index (χ1) is 16.0. The van der Waals surface area contributed by atoms with Gasteiger partial charge in [-0.25, -0.2) is 9.40 Å². The molecule has 168 valence electrons. The van der Waals surface area contributed by atoms with E-state index in [9.17, 15) is 9.18 Å². The molecular formula is C28H28FN3O.